The van der Waals surface area contributed by atoms with Crippen molar-refractivity contribution in [1.82, 2.24) is 0 Å². The Labute approximate surface area is 340 Å². The van der Waals surface area contributed by atoms with E-state index in [2.05, 4.69) is 217 Å². The summed E-state index contributed by atoms with van der Waals surface area (Å²) in [5.41, 5.74) is 14.6. The maximum atomic E-state index is 6.38. The van der Waals surface area contributed by atoms with Crippen LogP contribution in [0.4, 0.5) is 17.1 Å². The molecular weight excluding hydrogens is 723 g/mol. The number of nitrogens with zero attached hydrogens (tertiary/aromatic N) is 1. The minimum absolute atomic E-state index is 0.481. The van der Waals surface area contributed by atoms with Gasteiger partial charge in [-0.3, -0.25) is 0 Å². The minimum Gasteiger partial charge on any atom is -0.456 e. The molecule has 0 fully saturated rings. The zero-order valence-electron chi connectivity index (χ0n) is 31.5. The molecule has 9 aromatic carbocycles. The number of rotatable bonds is 7. The van der Waals surface area contributed by atoms with Gasteiger partial charge in [0.25, 0.3) is 0 Å². The van der Waals surface area contributed by atoms with Crippen molar-refractivity contribution < 1.29 is 4.42 Å². The summed E-state index contributed by atoms with van der Waals surface area (Å²) in [7, 11) is 0. The fourth-order valence-corrected chi connectivity index (χ4v) is 10.7. The number of benzene rings is 9. The second-order valence-electron chi connectivity index (χ2n) is 15.2. The number of anilines is 3. The lowest BCUT2D eigenvalue weighted by atomic mass is 9.67. The summed E-state index contributed by atoms with van der Waals surface area (Å²) in [5.74, 6) is 0. The Hall–Kier alpha value is -7.20. The first-order chi connectivity index (χ1) is 28.7. The highest BCUT2D eigenvalue weighted by atomic mass is 32.1. The van der Waals surface area contributed by atoms with Crippen molar-refractivity contribution in [3.8, 4) is 22.3 Å². The Morgan fingerprint density at radius 3 is 1.57 bits per heavy atom. The second-order valence-corrected chi connectivity index (χ2v) is 16.3. The van der Waals surface area contributed by atoms with Gasteiger partial charge in [0.2, 0.25) is 0 Å². The van der Waals surface area contributed by atoms with E-state index in [9.17, 15) is 0 Å². The summed E-state index contributed by atoms with van der Waals surface area (Å²) >= 11 is 1.85. The lowest BCUT2D eigenvalue weighted by molar-refractivity contribution is 0.663. The van der Waals surface area contributed by atoms with Gasteiger partial charge in [-0.2, -0.15) is 0 Å². The third-order valence-electron chi connectivity index (χ3n) is 12.1. The molecule has 0 saturated carbocycles. The minimum atomic E-state index is -0.481. The van der Waals surface area contributed by atoms with Crippen molar-refractivity contribution in [2.24, 2.45) is 0 Å². The quantitative estimate of drug-likeness (QED) is 0.161. The van der Waals surface area contributed by atoms with Gasteiger partial charge in [-0.25, -0.2) is 0 Å². The number of hydrogen-bond donors (Lipinski definition) is 0. The summed E-state index contributed by atoms with van der Waals surface area (Å²) in [6.45, 7) is 0. The zero-order valence-corrected chi connectivity index (χ0v) is 32.3. The molecule has 12 rings (SSSR count). The number of furan rings is 1. The summed E-state index contributed by atoms with van der Waals surface area (Å²) in [5, 5.41) is 5.05. The summed E-state index contributed by atoms with van der Waals surface area (Å²) < 4.78 is 8.98. The summed E-state index contributed by atoms with van der Waals surface area (Å²) in [6.07, 6.45) is 0. The van der Waals surface area contributed by atoms with Gasteiger partial charge >= 0.3 is 0 Å². The molecule has 0 aliphatic heterocycles. The van der Waals surface area contributed by atoms with Crippen LogP contribution in [0.1, 0.15) is 22.3 Å². The molecule has 0 saturated heterocycles. The van der Waals surface area contributed by atoms with Crippen LogP contribution in [0.5, 0.6) is 0 Å². The smallest absolute Gasteiger partial charge is 0.135 e. The second kappa shape index (κ2) is 12.9. The third kappa shape index (κ3) is 4.90. The van der Waals surface area contributed by atoms with E-state index in [4.69, 9.17) is 4.42 Å². The van der Waals surface area contributed by atoms with Crippen LogP contribution in [0, 0.1) is 0 Å². The van der Waals surface area contributed by atoms with Gasteiger partial charge in [0, 0.05) is 48.0 Å². The standard InChI is InChI=1S/C55H35NOS/c1-3-12-36(13-4-1)37-24-28-42(29-25-37)56(44-32-33-46-45-18-7-8-23-51(45)58-52(46)35-44)43-30-26-38(27-31-43)39-14-9-17-41(34-39)55(40-15-5-2-6-16-40)47-19-10-21-49-53(47)54-48(55)20-11-22-50(54)57-49/h1-35H. The number of hydrogen-bond acceptors (Lipinski definition) is 3. The van der Waals surface area contributed by atoms with Crippen LogP contribution in [-0.4, -0.2) is 0 Å². The molecule has 2 heterocycles. The molecule has 1 aliphatic rings. The first-order valence-corrected chi connectivity index (χ1v) is 20.6. The van der Waals surface area contributed by atoms with E-state index in [1.165, 1.54) is 75.5 Å². The van der Waals surface area contributed by atoms with E-state index < -0.39 is 5.41 Å². The van der Waals surface area contributed by atoms with Gasteiger partial charge in [0.05, 0.1) is 5.41 Å². The molecule has 1 aliphatic carbocycles. The topological polar surface area (TPSA) is 16.4 Å². The van der Waals surface area contributed by atoms with E-state index in [1.807, 2.05) is 11.3 Å². The zero-order chi connectivity index (χ0) is 38.2. The van der Waals surface area contributed by atoms with Crippen LogP contribution in [-0.2, 0) is 5.41 Å². The summed E-state index contributed by atoms with van der Waals surface area (Å²) in [6, 6.07) is 77.4. The van der Waals surface area contributed by atoms with Crippen LogP contribution in [0.2, 0.25) is 0 Å². The predicted molar refractivity (Wildman–Crippen MR) is 244 cm³/mol. The van der Waals surface area contributed by atoms with Crippen molar-refractivity contribution in [1.29, 1.82) is 0 Å². The maximum Gasteiger partial charge on any atom is 0.135 e. The average molecular weight is 758 g/mol. The van der Waals surface area contributed by atoms with Gasteiger partial charge in [0.1, 0.15) is 11.2 Å². The van der Waals surface area contributed by atoms with E-state index in [1.54, 1.807) is 0 Å². The molecule has 2 aromatic heterocycles. The third-order valence-corrected chi connectivity index (χ3v) is 13.3. The van der Waals surface area contributed by atoms with Crippen molar-refractivity contribution in [3.63, 3.8) is 0 Å². The highest BCUT2D eigenvalue weighted by Gasteiger charge is 2.46. The fraction of sp³-hybridized carbons (Fsp3) is 0.0182. The van der Waals surface area contributed by atoms with Crippen molar-refractivity contribution in [2.75, 3.05) is 4.90 Å². The Bertz CT molecular complexity index is 3270. The maximum absolute atomic E-state index is 6.38. The average Bonchev–Trinajstić information content (AvgIpc) is 3.97. The summed E-state index contributed by atoms with van der Waals surface area (Å²) in [4.78, 5) is 2.38. The monoisotopic (exact) mass is 757 g/mol. The van der Waals surface area contributed by atoms with Gasteiger partial charge in [0.15, 0.2) is 0 Å². The molecule has 0 radical (unpaired) electrons. The largest absolute Gasteiger partial charge is 0.456 e. The van der Waals surface area contributed by atoms with Gasteiger partial charge < -0.3 is 9.32 Å². The molecule has 11 aromatic rings. The lowest BCUT2D eigenvalue weighted by Gasteiger charge is -2.34. The SMILES string of the molecule is c1ccc(-c2ccc(N(c3ccc(-c4cccc(C5(c6ccccc6)c6cccc7oc8cccc5c8c67)c4)cc3)c3ccc4c(c3)sc3ccccc34)cc2)cc1. The highest BCUT2D eigenvalue weighted by Crippen LogP contribution is 2.57. The van der Waals surface area contributed by atoms with Gasteiger partial charge in [-0.15, -0.1) is 11.3 Å². The van der Waals surface area contributed by atoms with Crippen molar-refractivity contribution in [2.45, 2.75) is 5.41 Å². The molecule has 0 unspecified atom stereocenters. The first kappa shape index (κ1) is 33.0. The Kier molecular flexibility index (Phi) is 7.35. The molecule has 3 heteroatoms. The van der Waals surface area contributed by atoms with Crippen LogP contribution >= 0.6 is 11.3 Å². The van der Waals surface area contributed by atoms with Crippen LogP contribution in [0.15, 0.2) is 217 Å². The predicted octanol–water partition coefficient (Wildman–Crippen LogP) is 15.5. The normalized spacial score (nSPS) is 13.0. The molecule has 0 N–H and O–H groups in total. The van der Waals surface area contributed by atoms with E-state index >= 15 is 0 Å². The van der Waals surface area contributed by atoms with Crippen LogP contribution < -0.4 is 4.90 Å². The van der Waals surface area contributed by atoms with Crippen LogP contribution in [0.3, 0.4) is 0 Å². The molecule has 0 bridgehead atoms. The van der Waals surface area contributed by atoms with Crippen molar-refractivity contribution >= 4 is 70.5 Å². The Morgan fingerprint density at radius 2 is 0.879 bits per heavy atom. The first-order valence-electron chi connectivity index (χ1n) is 19.8. The van der Waals surface area contributed by atoms with E-state index in [0.29, 0.717) is 0 Å². The van der Waals surface area contributed by atoms with E-state index in [0.717, 1.165) is 28.2 Å². The molecule has 58 heavy (non-hydrogen) atoms. The highest BCUT2D eigenvalue weighted by molar-refractivity contribution is 7.25. The molecule has 272 valence electrons. The molecule has 0 amide bonds. The van der Waals surface area contributed by atoms with Crippen molar-refractivity contribution in [3.05, 3.63) is 235 Å². The Balaban J connectivity index is 0.976. The van der Waals surface area contributed by atoms with Crippen LogP contribution in [0.25, 0.3) is 64.4 Å². The molecule has 0 atom stereocenters. The number of fused-ring (bicyclic) bond motifs is 3. The van der Waals surface area contributed by atoms with Gasteiger partial charge in [-0.1, -0.05) is 152 Å². The van der Waals surface area contributed by atoms with Gasteiger partial charge in [-0.05, 0) is 105 Å². The number of thiophene rings is 1. The Morgan fingerprint density at radius 1 is 0.362 bits per heavy atom. The molecular formula is C55H35NOS. The molecule has 2 nitrogen and oxygen atoms in total. The van der Waals surface area contributed by atoms with E-state index in [-0.39, 0.29) is 0 Å². The fourth-order valence-electron chi connectivity index (χ4n) is 9.58. The lowest BCUT2D eigenvalue weighted by Crippen LogP contribution is -2.28. The molecule has 0 spiro atoms.